The van der Waals surface area contributed by atoms with E-state index < -0.39 is 4.92 Å². The number of aryl methyl sites for hydroxylation is 2. The van der Waals surface area contributed by atoms with Crippen LogP contribution in [-0.4, -0.2) is 15.3 Å². The molecule has 0 unspecified atom stereocenters. The lowest BCUT2D eigenvalue weighted by atomic mass is 9.94. The van der Waals surface area contributed by atoms with Gasteiger partial charge in [-0.1, -0.05) is 0 Å². The highest BCUT2D eigenvalue weighted by Gasteiger charge is 2.25. The summed E-state index contributed by atoms with van der Waals surface area (Å²) >= 11 is 0. The number of nitro groups is 1. The minimum absolute atomic E-state index is 0.0777. The monoisotopic (exact) mass is 244 g/mol. The molecule has 1 aliphatic rings. The number of nitrogens with zero attached hydrogens (tertiary/aromatic N) is 2. The number of nitro benzene ring substituents is 1. The molecule has 5 nitrogen and oxygen atoms in total. The molecule has 1 heterocycles. The zero-order valence-electron chi connectivity index (χ0n) is 9.97. The van der Waals surface area contributed by atoms with Crippen LogP contribution in [0.25, 0.3) is 10.9 Å². The third-order valence-electron chi connectivity index (χ3n) is 3.59. The second-order valence-electron chi connectivity index (χ2n) is 4.62. The first-order valence-corrected chi connectivity index (χ1v) is 5.88. The van der Waals surface area contributed by atoms with Gasteiger partial charge in [0.1, 0.15) is 0 Å². The van der Waals surface area contributed by atoms with E-state index in [9.17, 15) is 14.9 Å². The normalized spacial score (nSPS) is 14.8. The minimum atomic E-state index is -0.399. The van der Waals surface area contributed by atoms with Crippen LogP contribution in [0.4, 0.5) is 5.69 Å². The molecule has 0 saturated heterocycles. The van der Waals surface area contributed by atoms with Crippen molar-refractivity contribution in [1.29, 1.82) is 0 Å². The summed E-state index contributed by atoms with van der Waals surface area (Å²) in [7, 11) is 1.84. The third-order valence-corrected chi connectivity index (χ3v) is 3.59. The maximum atomic E-state index is 11.9. The average Bonchev–Trinajstić information content (AvgIpc) is 2.64. The van der Waals surface area contributed by atoms with Gasteiger partial charge in [0.2, 0.25) is 0 Å². The van der Waals surface area contributed by atoms with Gasteiger partial charge in [-0.15, -0.1) is 0 Å². The molecule has 0 atom stereocenters. The van der Waals surface area contributed by atoms with Crippen molar-refractivity contribution in [2.75, 3.05) is 0 Å². The summed E-state index contributed by atoms with van der Waals surface area (Å²) in [6.07, 6.45) is 2.21. The van der Waals surface area contributed by atoms with Crippen LogP contribution < -0.4 is 0 Å². The van der Waals surface area contributed by atoms with E-state index in [-0.39, 0.29) is 11.5 Å². The molecule has 0 spiro atoms. The summed E-state index contributed by atoms with van der Waals surface area (Å²) in [6, 6.07) is 4.78. The highest BCUT2D eigenvalue weighted by atomic mass is 16.6. The van der Waals surface area contributed by atoms with E-state index in [0.717, 1.165) is 35.0 Å². The Morgan fingerprint density at radius 3 is 2.83 bits per heavy atom. The largest absolute Gasteiger partial charge is 0.341 e. The first-order chi connectivity index (χ1) is 8.59. The van der Waals surface area contributed by atoms with Crippen molar-refractivity contribution < 1.29 is 9.72 Å². The number of carbonyl (C=O) groups excluding carboxylic acids is 1. The Morgan fingerprint density at radius 2 is 2.11 bits per heavy atom. The van der Waals surface area contributed by atoms with E-state index in [4.69, 9.17) is 0 Å². The van der Waals surface area contributed by atoms with Gasteiger partial charge in [0.25, 0.3) is 5.69 Å². The van der Waals surface area contributed by atoms with Gasteiger partial charge in [0, 0.05) is 36.5 Å². The Bertz CT molecular complexity index is 685. The molecular formula is C13H12N2O3. The number of hydrogen-bond donors (Lipinski definition) is 0. The Labute approximate surface area is 103 Å². The second kappa shape index (κ2) is 3.66. The number of rotatable bonds is 1. The summed E-state index contributed by atoms with van der Waals surface area (Å²) in [5, 5.41) is 11.7. The molecule has 0 bridgehead atoms. The molecule has 2 aromatic rings. The Morgan fingerprint density at radius 1 is 1.33 bits per heavy atom. The molecule has 5 heteroatoms. The van der Waals surface area contributed by atoms with Crippen molar-refractivity contribution in [2.24, 2.45) is 7.05 Å². The van der Waals surface area contributed by atoms with E-state index in [1.54, 1.807) is 12.1 Å². The van der Waals surface area contributed by atoms with Crippen molar-refractivity contribution in [3.05, 3.63) is 39.6 Å². The van der Waals surface area contributed by atoms with Gasteiger partial charge in [-0.3, -0.25) is 14.9 Å². The molecule has 0 aliphatic heterocycles. The predicted octanol–water partition coefficient (Wildman–Crippen LogP) is 2.61. The zero-order valence-corrected chi connectivity index (χ0v) is 9.97. The van der Waals surface area contributed by atoms with E-state index in [2.05, 4.69) is 0 Å². The lowest BCUT2D eigenvalue weighted by Gasteiger charge is -2.11. The molecule has 1 aromatic heterocycles. The average molecular weight is 244 g/mol. The van der Waals surface area contributed by atoms with Gasteiger partial charge in [-0.05, 0) is 24.5 Å². The summed E-state index contributed by atoms with van der Waals surface area (Å²) in [5.74, 6) is 0.137. The second-order valence-corrected chi connectivity index (χ2v) is 4.62. The molecule has 18 heavy (non-hydrogen) atoms. The smallest absolute Gasteiger partial charge is 0.270 e. The van der Waals surface area contributed by atoms with Crippen molar-refractivity contribution in [2.45, 2.75) is 19.3 Å². The van der Waals surface area contributed by atoms with Gasteiger partial charge in [-0.25, -0.2) is 0 Å². The highest BCUT2D eigenvalue weighted by Crippen LogP contribution is 2.33. The van der Waals surface area contributed by atoms with E-state index >= 15 is 0 Å². The van der Waals surface area contributed by atoms with Gasteiger partial charge in [-0.2, -0.15) is 0 Å². The zero-order chi connectivity index (χ0) is 12.9. The topological polar surface area (TPSA) is 65.1 Å². The molecule has 0 radical (unpaired) electrons. The highest BCUT2D eigenvalue weighted by molar-refractivity contribution is 6.04. The van der Waals surface area contributed by atoms with Crippen LogP contribution in [0, 0.1) is 10.1 Å². The van der Waals surface area contributed by atoms with Crippen LogP contribution >= 0.6 is 0 Å². The molecule has 0 fully saturated rings. The van der Waals surface area contributed by atoms with Gasteiger partial charge in [0.15, 0.2) is 5.78 Å². The number of aromatic nitrogens is 1. The van der Waals surface area contributed by atoms with Crippen molar-refractivity contribution in [3.8, 4) is 0 Å². The number of ketones is 1. The van der Waals surface area contributed by atoms with Crippen LogP contribution in [0.2, 0.25) is 0 Å². The standard InChI is InChI=1S/C13H12N2O3/c1-14-11-6-5-8(15(17)18)7-10(11)9-3-2-4-12(16)13(9)14/h5-7H,2-4H2,1H3. The summed E-state index contributed by atoms with van der Waals surface area (Å²) in [4.78, 5) is 22.4. The number of carbonyl (C=O) groups is 1. The first-order valence-electron chi connectivity index (χ1n) is 5.88. The first kappa shape index (κ1) is 11.0. The van der Waals surface area contributed by atoms with Crippen LogP contribution in [0.15, 0.2) is 18.2 Å². The Kier molecular flexibility index (Phi) is 2.23. The predicted molar refractivity (Wildman–Crippen MR) is 66.8 cm³/mol. The molecule has 0 saturated carbocycles. The number of benzene rings is 1. The number of hydrogen-bond acceptors (Lipinski definition) is 3. The molecule has 0 amide bonds. The maximum absolute atomic E-state index is 11.9. The van der Waals surface area contributed by atoms with Crippen molar-refractivity contribution >= 4 is 22.4 Å². The Balaban J connectivity index is 2.36. The van der Waals surface area contributed by atoms with Crippen LogP contribution in [0.3, 0.4) is 0 Å². The van der Waals surface area contributed by atoms with Gasteiger partial charge < -0.3 is 4.57 Å². The fourth-order valence-corrected chi connectivity index (χ4v) is 2.77. The number of non-ortho nitro benzene ring substituents is 1. The number of Topliss-reactive ketones (excluding diaryl/α,β-unsaturated/α-hetero) is 1. The maximum Gasteiger partial charge on any atom is 0.270 e. The van der Waals surface area contributed by atoms with Crippen molar-refractivity contribution in [3.63, 3.8) is 0 Å². The third kappa shape index (κ3) is 1.37. The van der Waals surface area contributed by atoms with Gasteiger partial charge >= 0.3 is 0 Å². The fraction of sp³-hybridized carbons (Fsp3) is 0.308. The van der Waals surface area contributed by atoms with E-state index in [1.165, 1.54) is 6.07 Å². The van der Waals surface area contributed by atoms with Crippen LogP contribution in [-0.2, 0) is 13.5 Å². The minimum Gasteiger partial charge on any atom is -0.341 e. The summed E-state index contributed by atoms with van der Waals surface area (Å²) in [5.41, 5.74) is 2.65. The van der Waals surface area contributed by atoms with E-state index in [1.807, 2.05) is 11.6 Å². The lowest BCUT2D eigenvalue weighted by Crippen LogP contribution is -2.13. The van der Waals surface area contributed by atoms with Crippen LogP contribution in [0.5, 0.6) is 0 Å². The molecule has 1 aliphatic carbocycles. The molecule has 0 N–H and O–H groups in total. The molecular weight excluding hydrogens is 232 g/mol. The van der Waals surface area contributed by atoms with Crippen molar-refractivity contribution in [1.82, 2.24) is 4.57 Å². The van der Waals surface area contributed by atoms with Crippen LogP contribution in [0.1, 0.15) is 28.9 Å². The summed E-state index contributed by atoms with van der Waals surface area (Å²) < 4.78 is 1.86. The van der Waals surface area contributed by atoms with E-state index in [0.29, 0.717) is 6.42 Å². The number of fused-ring (bicyclic) bond motifs is 3. The molecule has 1 aromatic carbocycles. The lowest BCUT2D eigenvalue weighted by molar-refractivity contribution is -0.384. The SMILES string of the molecule is Cn1c2c(c3cc([N+](=O)[O-])ccc31)CCCC2=O. The molecule has 92 valence electrons. The molecule has 3 rings (SSSR count). The Hall–Kier alpha value is -2.17. The fourth-order valence-electron chi connectivity index (χ4n) is 2.77. The summed E-state index contributed by atoms with van der Waals surface area (Å²) in [6.45, 7) is 0. The van der Waals surface area contributed by atoms with Gasteiger partial charge in [0.05, 0.1) is 10.6 Å². The quantitative estimate of drug-likeness (QED) is 0.572.